The van der Waals surface area contributed by atoms with Gasteiger partial charge in [0.2, 0.25) is 0 Å². The fourth-order valence-electron chi connectivity index (χ4n) is 7.27. The summed E-state index contributed by atoms with van der Waals surface area (Å²) >= 11 is 1.85. The molecule has 0 N–H and O–H groups in total. The molecule has 2 aromatic heterocycles. The Morgan fingerprint density at radius 1 is 0.327 bits per heavy atom. The topological polar surface area (TPSA) is 38.7 Å². The average Bonchev–Trinajstić information content (AvgIpc) is 3.57. The minimum atomic E-state index is 0.653. The van der Waals surface area contributed by atoms with Crippen LogP contribution in [0.5, 0.6) is 0 Å². The minimum absolute atomic E-state index is 0.653. The largest absolute Gasteiger partial charge is 0.208 e. The van der Waals surface area contributed by atoms with E-state index >= 15 is 0 Å². The molecule has 3 nitrogen and oxygen atoms in total. The highest BCUT2D eigenvalue weighted by Crippen LogP contribution is 2.45. The average molecular weight is 642 g/mol. The highest BCUT2D eigenvalue weighted by molar-refractivity contribution is 7.26. The monoisotopic (exact) mass is 641 g/mol. The number of nitrogens with zero attached hydrogens (tertiary/aromatic N) is 3. The molecule has 0 saturated heterocycles. The molecule has 2 heterocycles. The van der Waals surface area contributed by atoms with Crippen LogP contribution in [-0.4, -0.2) is 15.0 Å². The molecule has 49 heavy (non-hydrogen) atoms. The number of hydrogen-bond donors (Lipinski definition) is 0. The van der Waals surface area contributed by atoms with E-state index in [2.05, 4.69) is 127 Å². The lowest BCUT2D eigenvalue weighted by molar-refractivity contribution is 1.08. The molecule has 10 rings (SSSR count). The molecule has 0 aliphatic carbocycles. The summed E-state index contributed by atoms with van der Waals surface area (Å²) in [5.41, 5.74) is 5.25. The summed E-state index contributed by atoms with van der Waals surface area (Å²) in [5.74, 6) is 1.96. The first-order valence-corrected chi connectivity index (χ1v) is 17.3. The Hall–Kier alpha value is -6.23. The fraction of sp³-hybridized carbons (Fsp3) is 0. The molecular formula is C45H27N3S. The van der Waals surface area contributed by atoms with Crippen LogP contribution in [0.1, 0.15) is 0 Å². The number of aromatic nitrogens is 3. The van der Waals surface area contributed by atoms with Crippen LogP contribution in [0.15, 0.2) is 164 Å². The summed E-state index contributed by atoms with van der Waals surface area (Å²) in [5, 5.41) is 9.74. The lowest BCUT2D eigenvalue weighted by Gasteiger charge is -2.17. The Bertz CT molecular complexity index is 2820. The summed E-state index contributed by atoms with van der Waals surface area (Å²) in [4.78, 5) is 15.5. The minimum Gasteiger partial charge on any atom is -0.208 e. The molecule has 0 aliphatic heterocycles. The van der Waals surface area contributed by atoms with Gasteiger partial charge in [0.25, 0.3) is 0 Å². The van der Waals surface area contributed by atoms with Crippen molar-refractivity contribution in [1.82, 2.24) is 15.0 Å². The maximum atomic E-state index is 5.25. The van der Waals surface area contributed by atoms with Crippen LogP contribution in [0, 0.1) is 0 Å². The zero-order chi connectivity index (χ0) is 32.3. The maximum absolute atomic E-state index is 5.25. The van der Waals surface area contributed by atoms with Crippen molar-refractivity contribution >= 4 is 63.8 Å². The van der Waals surface area contributed by atoms with E-state index in [-0.39, 0.29) is 0 Å². The Labute approximate surface area is 286 Å². The molecule has 0 aliphatic rings. The highest BCUT2D eigenvalue weighted by atomic mass is 32.1. The molecule has 0 spiro atoms. The van der Waals surface area contributed by atoms with E-state index < -0.39 is 0 Å². The third kappa shape index (κ3) is 4.53. The molecule has 10 aromatic rings. The molecule has 0 saturated carbocycles. The van der Waals surface area contributed by atoms with E-state index in [4.69, 9.17) is 15.0 Å². The molecule has 0 atom stereocenters. The van der Waals surface area contributed by atoms with Crippen LogP contribution >= 0.6 is 11.3 Å². The Morgan fingerprint density at radius 2 is 0.837 bits per heavy atom. The molecule has 8 aromatic carbocycles. The van der Waals surface area contributed by atoms with E-state index in [9.17, 15) is 0 Å². The van der Waals surface area contributed by atoms with E-state index in [1.165, 1.54) is 52.7 Å². The van der Waals surface area contributed by atoms with Crippen molar-refractivity contribution in [2.24, 2.45) is 0 Å². The standard InChI is InChI=1S/C45H27N3S/c1-3-14-28(15-4-1)43-46-44(29-16-5-2-6-17-29)48-45(47-43)39-27-30(31-23-13-24-37-35-21-11-12-25-40(35)49-42(31)37)26-38-34-20-8-7-18-32(34)33-19-9-10-22-36(33)41(38)39/h1-27H. The second-order valence-electron chi connectivity index (χ2n) is 12.4. The predicted octanol–water partition coefficient (Wildman–Crippen LogP) is 12.4. The van der Waals surface area contributed by atoms with Gasteiger partial charge in [0.05, 0.1) is 0 Å². The molecular weight excluding hydrogens is 615 g/mol. The van der Waals surface area contributed by atoms with Crippen molar-refractivity contribution in [2.75, 3.05) is 0 Å². The first-order chi connectivity index (χ1) is 24.3. The second-order valence-corrected chi connectivity index (χ2v) is 13.4. The second kappa shape index (κ2) is 11.2. The zero-order valence-corrected chi connectivity index (χ0v) is 27.2. The normalized spacial score (nSPS) is 11.7. The molecule has 0 radical (unpaired) electrons. The van der Waals surface area contributed by atoms with Gasteiger partial charge in [-0.25, -0.2) is 15.0 Å². The van der Waals surface area contributed by atoms with Crippen LogP contribution < -0.4 is 0 Å². The lowest BCUT2D eigenvalue weighted by Crippen LogP contribution is -2.01. The van der Waals surface area contributed by atoms with Crippen molar-refractivity contribution in [3.63, 3.8) is 0 Å². The van der Waals surface area contributed by atoms with E-state index in [0.29, 0.717) is 17.5 Å². The first kappa shape index (κ1) is 27.8. The van der Waals surface area contributed by atoms with Gasteiger partial charge in [-0.05, 0) is 56.3 Å². The van der Waals surface area contributed by atoms with Crippen molar-refractivity contribution in [2.45, 2.75) is 0 Å². The quantitative estimate of drug-likeness (QED) is 0.180. The highest BCUT2D eigenvalue weighted by Gasteiger charge is 2.20. The van der Waals surface area contributed by atoms with Gasteiger partial charge in [0, 0.05) is 42.2 Å². The SMILES string of the molecule is c1ccc(-c2nc(-c3ccccc3)nc(-c3cc(-c4cccc5c4sc4ccccc45)cc4c5ccccc5c5ccccc5c34)n2)cc1. The predicted molar refractivity (Wildman–Crippen MR) is 207 cm³/mol. The lowest BCUT2D eigenvalue weighted by atomic mass is 9.88. The summed E-state index contributed by atoms with van der Waals surface area (Å²) in [7, 11) is 0. The van der Waals surface area contributed by atoms with Crippen LogP contribution in [0.3, 0.4) is 0 Å². The number of fused-ring (bicyclic) bond motifs is 9. The van der Waals surface area contributed by atoms with Gasteiger partial charge < -0.3 is 0 Å². The third-order valence-corrected chi connectivity index (χ3v) is 10.7. The third-order valence-electron chi connectivity index (χ3n) is 9.50. The van der Waals surface area contributed by atoms with Gasteiger partial charge in [0.15, 0.2) is 17.5 Å². The van der Waals surface area contributed by atoms with Crippen molar-refractivity contribution in [3.8, 4) is 45.3 Å². The number of hydrogen-bond acceptors (Lipinski definition) is 4. The summed E-state index contributed by atoms with van der Waals surface area (Å²) < 4.78 is 2.57. The van der Waals surface area contributed by atoms with Gasteiger partial charge in [-0.3, -0.25) is 0 Å². The van der Waals surface area contributed by atoms with Gasteiger partial charge >= 0.3 is 0 Å². The Kier molecular flexibility index (Phi) is 6.36. The van der Waals surface area contributed by atoms with E-state index in [0.717, 1.165) is 27.6 Å². The van der Waals surface area contributed by atoms with Crippen LogP contribution in [-0.2, 0) is 0 Å². The number of benzene rings is 8. The first-order valence-electron chi connectivity index (χ1n) is 16.5. The molecule has 0 fully saturated rings. The van der Waals surface area contributed by atoms with Gasteiger partial charge in [-0.2, -0.15) is 0 Å². The van der Waals surface area contributed by atoms with Gasteiger partial charge in [-0.15, -0.1) is 11.3 Å². The number of thiophene rings is 1. The van der Waals surface area contributed by atoms with Crippen molar-refractivity contribution in [1.29, 1.82) is 0 Å². The number of rotatable bonds is 4. The Morgan fingerprint density at radius 3 is 1.51 bits per heavy atom. The molecule has 228 valence electrons. The molecule has 0 unspecified atom stereocenters. The van der Waals surface area contributed by atoms with E-state index in [1.807, 2.05) is 47.7 Å². The van der Waals surface area contributed by atoms with Crippen molar-refractivity contribution < 1.29 is 0 Å². The summed E-state index contributed by atoms with van der Waals surface area (Å²) in [6.45, 7) is 0. The van der Waals surface area contributed by atoms with Crippen LogP contribution in [0.4, 0.5) is 0 Å². The molecule has 4 heteroatoms. The van der Waals surface area contributed by atoms with Crippen LogP contribution in [0.25, 0.3) is 97.8 Å². The smallest absolute Gasteiger partial charge is 0.164 e. The molecule has 0 bridgehead atoms. The zero-order valence-electron chi connectivity index (χ0n) is 26.3. The van der Waals surface area contributed by atoms with E-state index in [1.54, 1.807) is 0 Å². The van der Waals surface area contributed by atoms with Crippen molar-refractivity contribution in [3.05, 3.63) is 164 Å². The molecule has 0 amide bonds. The van der Waals surface area contributed by atoms with Gasteiger partial charge in [0.1, 0.15) is 0 Å². The van der Waals surface area contributed by atoms with Crippen LogP contribution in [0.2, 0.25) is 0 Å². The Balaban J connectivity index is 1.36. The summed E-state index contributed by atoms with van der Waals surface area (Å²) in [6, 6.07) is 57.9. The summed E-state index contributed by atoms with van der Waals surface area (Å²) in [6.07, 6.45) is 0. The maximum Gasteiger partial charge on any atom is 0.164 e. The fourth-order valence-corrected chi connectivity index (χ4v) is 8.51. The van der Waals surface area contributed by atoms with Gasteiger partial charge in [-0.1, -0.05) is 146 Å².